The molecule has 0 bridgehead atoms. The molecule has 0 N–H and O–H groups in total. The molecule has 0 aromatic heterocycles. The van der Waals surface area contributed by atoms with E-state index < -0.39 is 5.60 Å². The number of nitrogens with zero attached hydrogens (tertiary/aromatic N) is 2. The van der Waals surface area contributed by atoms with Crippen LogP contribution in [0.2, 0.25) is 0 Å². The van der Waals surface area contributed by atoms with Crippen molar-refractivity contribution in [1.82, 2.24) is 4.90 Å². The average molecular weight is 382 g/mol. The molecule has 28 heavy (non-hydrogen) atoms. The van der Waals surface area contributed by atoms with Gasteiger partial charge in [0.1, 0.15) is 12.4 Å². The second-order valence-corrected chi connectivity index (χ2v) is 8.18. The highest BCUT2D eigenvalue weighted by Crippen LogP contribution is 2.32. The molecule has 1 spiro atoms. The Bertz CT molecular complexity index is 885. The van der Waals surface area contributed by atoms with Crippen LogP contribution in [-0.2, 0) is 16.1 Å². The molecule has 1 unspecified atom stereocenters. The maximum Gasteiger partial charge on any atom is 0.253 e. The quantitative estimate of drug-likeness (QED) is 0.809. The Labute approximate surface area is 165 Å². The van der Waals surface area contributed by atoms with E-state index in [1.807, 2.05) is 0 Å². The second-order valence-electron chi connectivity index (χ2n) is 8.18. The van der Waals surface area contributed by atoms with E-state index in [0.29, 0.717) is 12.2 Å². The zero-order chi connectivity index (χ0) is 19.7. The highest BCUT2D eigenvalue weighted by Gasteiger charge is 2.43. The SMILES string of the molecule is Cc1ccc(C)c(CN2CCCC3(C2)CN(c2cccc(F)c2)C(=O)CO3)c1. The molecule has 5 heteroatoms. The number of piperidine rings is 1. The van der Waals surface area contributed by atoms with Crippen LogP contribution in [-0.4, -0.2) is 42.6 Å². The van der Waals surface area contributed by atoms with Crippen LogP contribution in [0.15, 0.2) is 42.5 Å². The first-order valence-electron chi connectivity index (χ1n) is 9.93. The molecule has 1 atom stereocenters. The second kappa shape index (κ2) is 7.64. The van der Waals surface area contributed by atoms with Crippen molar-refractivity contribution in [3.05, 3.63) is 65.0 Å². The third kappa shape index (κ3) is 3.96. The lowest BCUT2D eigenvalue weighted by molar-refractivity contribution is -0.146. The van der Waals surface area contributed by atoms with E-state index in [1.165, 1.54) is 28.8 Å². The predicted octanol–water partition coefficient (Wildman–Crippen LogP) is 3.84. The van der Waals surface area contributed by atoms with Gasteiger partial charge in [-0.15, -0.1) is 0 Å². The van der Waals surface area contributed by atoms with E-state index in [0.717, 1.165) is 32.5 Å². The standard InChI is InChI=1S/C23H27FN2O2/c1-17-7-8-18(2)19(11-17)13-25-10-4-9-23(15-25)16-26(22(27)14-28-23)21-6-3-5-20(24)12-21/h3,5-8,11-12H,4,9-10,13-16H2,1-2H3. The molecule has 2 aliphatic heterocycles. The molecule has 2 saturated heterocycles. The van der Waals surface area contributed by atoms with Crippen LogP contribution in [0.5, 0.6) is 0 Å². The zero-order valence-corrected chi connectivity index (χ0v) is 16.6. The van der Waals surface area contributed by atoms with Gasteiger partial charge in [-0.2, -0.15) is 0 Å². The number of carbonyl (C=O) groups excluding carboxylic acids is 1. The summed E-state index contributed by atoms with van der Waals surface area (Å²) in [7, 11) is 0. The first kappa shape index (κ1) is 19.1. The summed E-state index contributed by atoms with van der Waals surface area (Å²) in [5, 5.41) is 0. The summed E-state index contributed by atoms with van der Waals surface area (Å²) < 4.78 is 19.8. The molecule has 2 fully saturated rings. The van der Waals surface area contributed by atoms with Gasteiger partial charge in [0, 0.05) is 18.8 Å². The van der Waals surface area contributed by atoms with Gasteiger partial charge >= 0.3 is 0 Å². The summed E-state index contributed by atoms with van der Waals surface area (Å²) in [4.78, 5) is 16.6. The van der Waals surface area contributed by atoms with Gasteiger partial charge in [0.25, 0.3) is 5.91 Å². The van der Waals surface area contributed by atoms with Crippen molar-refractivity contribution in [1.29, 1.82) is 0 Å². The van der Waals surface area contributed by atoms with E-state index in [1.54, 1.807) is 17.0 Å². The maximum absolute atomic E-state index is 13.7. The van der Waals surface area contributed by atoms with Crippen molar-refractivity contribution in [2.24, 2.45) is 0 Å². The summed E-state index contributed by atoms with van der Waals surface area (Å²) in [6.07, 6.45) is 1.94. The number of halogens is 1. The lowest BCUT2D eigenvalue weighted by atomic mass is 9.89. The topological polar surface area (TPSA) is 32.8 Å². The Hall–Kier alpha value is -2.24. The highest BCUT2D eigenvalue weighted by molar-refractivity contribution is 5.95. The minimum absolute atomic E-state index is 0.0494. The molecule has 148 valence electrons. The molecule has 4 nitrogen and oxygen atoms in total. The van der Waals surface area contributed by atoms with E-state index in [-0.39, 0.29) is 18.3 Å². The third-order valence-electron chi connectivity index (χ3n) is 5.89. The zero-order valence-electron chi connectivity index (χ0n) is 16.6. The van der Waals surface area contributed by atoms with E-state index in [2.05, 4.69) is 36.9 Å². The number of hydrogen-bond acceptors (Lipinski definition) is 3. The smallest absolute Gasteiger partial charge is 0.253 e. The van der Waals surface area contributed by atoms with Crippen LogP contribution in [0.4, 0.5) is 10.1 Å². The van der Waals surface area contributed by atoms with E-state index in [4.69, 9.17) is 4.74 Å². The van der Waals surface area contributed by atoms with Crippen LogP contribution < -0.4 is 4.90 Å². The molecule has 1 amide bonds. The molecular formula is C23H27FN2O2. The van der Waals surface area contributed by atoms with Gasteiger partial charge in [-0.05, 0) is 62.6 Å². The molecule has 2 aromatic rings. The fourth-order valence-corrected chi connectivity index (χ4v) is 4.38. The number of morpholine rings is 1. The molecule has 0 radical (unpaired) electrons. The summed E-state index contributed by atoms with van der Waals surface area (Å²) in [5.74, 6) is -0.436. The fraction of sp³-hybridized carbons (Fsp3) is 0.435. The summed E-state index contributed by atoms with van der Waals surface area (Å²) in [5.41, 5.74) is 4.12. The average Bonchev–Trinajstić information content (AvgIpc) is 2.67. The number of carbonyl (C=O) groups is 1. The molecule has 2 heterocycles. The predicted molar refractivity (Wildman–Crippen MR) is 108 cm³/mol. The largest absolute Gasteiger partial charge is 0.362 e. The van der Waals surface area contributed by atoms with Crippen LogP contribution in [0.1, 0.15) is 29.5 Å². The lowest BCUT2D eigenvalue weighted by Gasteiger charge is -2.47. The van der Waals surface area contributed by atoms with Gasteiger partial charge in [-0.1, -0.05) is 29.8 Å². The van der Waals surface area contributed by atoms with Gasteiger partial charge in [0.15, 0.2) is 0 Å². The number of benzene rings is 2. The highest BCUT2D eigenvalue weighted by atomic mass is 19.1. The summed E-state index contributed by atoms with van der Waals surface area (Å²) in [6, 6.07) is 12.8. The van der Waals surface area contributed by atoms with Crippen molar-refractivity contribution in [2.45, 2.75) is 38.8 Å². The minimum Gasteiger partial charge on any atom is -0.362 e. The normalized spacial score (nSPS) is 23.4. The number of likely N-dealkylation sites (tertiary alicyclic amines) is 1. The number of hydrogen-bond donors (Lipinski definition) is 0. The third-order valence-corrected chi connectivity index (χ3v) is 5.89. The Morgan fingerprint density at radius 3 is 2.82 bits per heavy atom. The molecule has 0 saturated carbocycles. The molecule has 2 aromatic carbocycles. The van der Waals surface area contributed by atoms with Crippen molar-refractivity contribution < 1.29 is 13.9 Å². The van der Waals surface area contributed by atoms with Crippen LogP contribution in [0.25, 0.3) is 0 Å². The Morgan fingerprint density at radius 2 is 2.00 bits per heavy atom. The van der Waals surface area contributed by atoms with Crippen LogP contribution in [0.3, 0.4) is 0 Å². The lowest BCUT2D eigenvalue weighted by Crippen LogP contribution is -2.61. The van der Waals surface area contributed by atoms with E-state index >= 15 is 0 Å². The number of anilines is 1. The molecular weight excluding hydrogens is 355 g/mol. The molecule has 2 aliphatic rings. The summed E-state index contributed by atoms with van der Waals surface area (Å²) in [6.45, 7) is 7.47. The van der Waals surface area contributed by atoms with Crippen molar-refractivity contribution in [2.75, 3.05) is 31.1 Å². The fourth-order valence-electron chi connectivity index (χ4n) is 4.38. The Balaban J connectivity index is 1.52. The number of amides is 1. The van der Waals surface area contributed by atoms with Crippen molar-refractivity contribution in [3.63, 3.8) is 0 Å². The Kier molecular flexibility index (Phi) is 5.21. The molecule has 4 rings (SSSR count). The maximum atomic E-state index is 13.7. The first-order chi connectivity index (χ1) is 13.4. The van der Waals surface area contributed by atoms with Gasteiger partial charge in [-0.25, -0.2) is 4.39 Å². The first-order valence-corrected chi connectivity index (χ1v) is 9.93. The summed E-state index contributed by atoms with van der Waals surface area (Å²) >= 11 is 0. The van der Waals surface area contributed by atoms with E-state index in [9.17, 15) is 9.18 Å². The monoisotopic (exact) mass is 382 g/mol. The molecule has 0 aliphatic carbocycles. The Morgan fingerprint density at radius 1 is 1.14 bits per heavy atom. The van der Waals surface area contributed by atoms with Crippen LogP contribution >= 0.6 is 0 Å². The van der Waals surface area contributed by atoms with Gasteiger partial charge in [0.2, 0.25) is 0 Å². The van der Waals surface area contributed by atoms with Crippen molar-refractivity contribution >= 4 is 11.6 Å². The minimum atomic E-state index is -0.393. The van der Waals surface area contributed by atoms with Crippen LogP contribution in [0, 0.1) is 19.7 Å². The number of aryl methyl sites for hydroxylation is 2. The number of ether oxygens (including phenoxy) is 1. The van der Waals surface area contributed by atoms with Gasteiger partial charge in [-0.3, -0.25) is 9.69 Å². The van der Waals surface area contributed by atoms with Gasteiger partial charge in [0.05, 0.1) is 12.1 Å². The van der Waals surface area contributed by atoms with Gasteiger partial charge < -0.3 is 9.64 Å². The number of rotatable bonds is 3. The van der Waals surface area contributed by atoms with Crippen molar-refractivity contribution in [3.8, 4) is 0 Å².